The van der Waals surface area contributed by atoms with Crippen LogP contribution in [0.4, 0.5) is 13.2 Å². The minimum absolute atomic E-state index is 0.108. The Morgan fingerprint density at radius 1 is 1.46 bits per heavy atom. The highest BCUT2D eigenvalue weighted by Crippen LogP contribution is 2.30. The van der Waals surface area contributed by atoms with Crippen molar-refractivity contribution in [2.24, 2.45) is 0 Å². The van der Waals surface area contributed by atoms with Gasteiger partial charge >= 0.3 is 0 Å². The lowest BCUT2D eigenvalue weighted by Gasteiger charge is -2.05. The Kier molecular flexibility index (Phi) is 3.73. The molecule has 1 aromatic heterocycles. The maximum atomic E-state index is 13.2. The summed E-state index contributed by atoms with van der Waals surface area (Å²) >= 11 is 5.75. The standard InChI is InChI=1S/C7H4Br2F3N/c8-1-4-6(10)5(9)3(2-13-4)7(11)12/h2,7H,1H2. The molecular formula is C7H4Br2F3N. The van der Waals surface area contributed by atoms with Crippen LogP contribution in [0.3, 0.4) is 0 Å². The van der Waals surface area contributed by atoms with Crippen molar-refractivity contribution in [3.8, 4) is 0 Å². The molecular weight excluding hydrogens is 315 g/mol. The molecule has 0 aliphatic rings. The summed E-state index contributed by atoms with van der Waals surface area (Å²) in [6.07, 6.45) is -1.75. The smallest absolute Gasteiger partial charge is 0.257 e. The number of rotatable bonds is 2. The average molecular weight is 319 g/mol. The Bertz CT molecular complexity index is 317. The normalized spacial score (nSPS) is 10.9. The number of nitrogens with zero attached hydrogens (tertiary/aromatic N) is 1. The molecule has 13 heavy (non-hydrogen) atoms. The Labute approximate surface area is 89.6 Å². The second-order valence-electron chi connectivity index (χ2n) is 2.22. The zero-order chi connectivity index (χ0) is 10.0. The molecule has 0 fully saturated rings. The minimum Gasteiger partial charge on any atom is -0.257 e. The summed E-state index contributed by atoms with van der Waals surface area (Å²) < 4.78 is 37.3. The summed E-state index contributed by atoms with van der Waals surface area (Å²) in [6, 6.07) is 0. The first-order chi connectivity index (χ1) is 6.07. The minimum atomic E-state index is -2.72. The van der Waals surface area contributed by atoms with Crippen molar-refractivity contribution < 1.29 is 13.2 Å². The fourth-order valence-electron chi connectivity index (χ4n) is 0.760. The maximum absolute atomic E-state index is 13.2. The first kappa shape index (κ1) is 11.0. The third kappa shape index (κ3) is 2.22. The molecule has 0 aromatic carbocycles. The van der Waals surface area contributed by atoms with Gasteiger partial charge in [-0.1, -0.05) is 15.9 Å². The quantitative estimate of drug-likeness (QED) is 0.756. The van der Waals surface area contributed by atoms with E-state index in [9.17, 15) is 13.2 Å². The number of aromatic nitrogens is 1. The van der Waals surface area contributed by atoms with Gasteiger partial charge in [-0.2, -0.15) is 0 Å². The van der Waals surface area contributed by atoms with Gasteiger partial charge in [0.2, 0.25) is 0 Å². The van der Waals surface area contributed by atoms with Crippen LogP contribution in [0.15, 0.2) is 10.7 Å². The van der Waals surface area contributed by atoms with Crippen LogP contribution in [-0.2, 0) is 5.33 Å². The Morgan fingerprint density at radius 2 is 2.08 bits per heavy atom. The molecule has 0 unspecified atom stereocenters. The van der Waals surface area contributed by atoms with Gasteiger partial charge in [0.25, 0.3) is 6.43 Å². The van der Waals surface area contributed by atoms with Crippen LogP contribution in [0.25, 0.3) is 0 Å². The van der Waals surface area contributed by atoms with Crippen LogP contribution >= 0.6 is 31.9 Å². The monoisotopic (exact) mass is 317 g/mol. The Morgan fingerprint density at radius 3 is 2.54 bits per heavy atom. The van der Waals surface area contributed by atoms with Crippen LogP contribution in [0.2, 0.25) is 0 Å². The van der Waals surface area contributed by atoms with Crippen molar-refractivity contribution in [1.29, 1.82) is 0 Å². The van der Waals surface area contributed by atoms with Gasteiger partial charge in [-0.05, 0) is 15.9 Å². The molecule has 1 rings (SSSR count). The lowest BCUT2D eigenvalue weighted by atomic mass is 10.2. The fourth-order valence-corrected chi connectivity index (χ4v) is 1.65. The van der Waals surface area contributed by atoms with Crippen LogP contribution in [0, 0.1) is 5.82 Å². The van der Waals surface area contributed by atoms with E-state index >= 15 is 0 Å². The van der Waals surface area contributed by atoms with Gasteiger partial charge in [0.15, 0.2) is 5.82 Å². The number of pyridine rings is 1. The molecule has 6 heteroatoms. The number of hydrogen-bond acceptors (Lipinski definition) is 1. The lowest BCUT2D eigenvalue weighted by molar-refractivity contribution is 0.149. The van der Waals surface area contributed by atoms with Gasteiger partial charge in [-0.3, -0.25) is 4.98 Å². The van der Waals surface area contributed by atoms with Crippen molar-refractivity contribution in [2.45, 2.75) is 11.8 Å². The van der Waals surface area contributed by atoms with E-state index in [0.29, 0.717) is 0 Å². The van der Waals surface area contributed by atoms with E-state index < -0.39 is 17.8 Å². The first-order valence-corrected chi connectivity index (χ1v) is 5.16. The molecule has 1 aromatic rings. The van der Waals surface area contributed by atoms with Gasteiger partial charge in [-0.25, -0.2) is 13.2 Å². The highest BCUT2D eigenvalue weighted by atomic mass is 79.9. The van der Waals surface area contributed by atoms with E-state index in [1.54, 1.807) is 0 Å². The molecule has 0 bridgehead atoms. The molecule has 1 heterocycles. The number of halogens is 5. The third-order valence-electron chi connectivity index (χ3n) is 1.42. The highest BCUT2D eigenvalue weighted by Gasteiger charge is 2.17. The zero-order valence-electron chi connectivity index (χ0n) is 6.20. The second kappa shape index (κ2) is 4.41. The van der Waals surface area contributed by atoms with Gasteiger partial charge in [0.1, 0.15) is 0 Å². The number of hydrogen-bond donors (Lipinski definition) is 0. The predicted molar refractivity (Wildman–Crippen MR) is 49.5 cm³/mol. The summed E-state index contributed by atoms with van der Waals surface area (Å²) in [6.45, 7) is 0. The SMILES string of the molecule is Fc1c(CBr)ncc(C(F)F)c1Br. The van der Waals surface area contributed by atoms with Crippen molar-refractivity contribution >= 4 is 31.9 Å². The van der Waals surface area contributed by atoms with Crippen LogP contribution in [-0.4, -0.2) is 4.98 Å². The maximum Gasteiger partial charge on any atom is 0.266 e. The van der Waals surface area contributed by atoms with Gasteiger partial charge < -0.3 is 0 Å². The molecule has 72 valence electrons. The predicted octanol–water partition coefficient (Wildman–Crippen LogP) is 3.82. The highest BCUT2D eigenvalue weighted by molar-refractivity contribution is 9.10. The van der Waals surface area contributed by atoms with Gasteiger partial charge in [0.05, 0.1) is 15.7 Å². The molecule has 0 aliphatic heterocycles. The summed E-state index contributed by atoms with van der Waals surface area (Å²) in [7, 11) is 0. The number of alkyl halides is 3. The summed E-state index contributed by atoms with van der Waals surface area (Å²) in [5, 5.41) is 0.195. The molecule has 0 N–H and O–H groups in total. The molecule has 0 saturated carbocycles. The molecule has 0 radical (unpaired) electrons. The first-order valence-electron chi connectivity index (χ1n) is 3.24. The molecule has 0 saturated heterocycles. The Hall–Kier alpha value is -0.100. The van der Waals surface area contributed by atoms with E-state index in [2.05, 4.69) is 36.8 Å². The van der Waals surface area contributed by atoms with Crippen LogP contribution < -0.4 is 0 Å². The van der Waals surface area contributed by atoms with E-state index in [1.165, 1.54) is 0 Å². The third-order valence-corrected chi connectivity index (χ3v) is 2.76. The second-order valence-corrected chi connectivity index (χ2v) is 3.58. The summed E-state index contributed by atoms with van der Waals surface area (Å²) in [5.74, 6) is -0.741. The van der Waals surface area contributed by atoms with E-state index in [-0.39, 0.29) is 15.5 Å². The Balaban J connectivity index is 3.23. The lowest BCUT2D eigenvalue weighted by Crippen LogP contribution is -1.98. The summed E-state index contributed by atoms with van der Waals surface area (Å²) in [4.78, 5) is 3.55. The topological polar surface area (TPSA) is 12.9 Å². The molecule has 0 spiro atoms. The van der Waals surface area contributed by atoms with Gasteiger partial charge in [0, 0.05) is 11.5 Å². The van der Waals surface area contributed by atoms with Crippen LogP contribution in [0.5, 0.6) is 0 Å². The largest absolute Gasteiger partial charge is 0.266 e. The van der Waals surface area contributed by atoms with Gasteiger partial charge in [-0.15, -0.1) is 0 Å². The van der Waals surface area contributed by atoms with Crippen LogP contribution in [0.1, 0.15) is 17.7 Å². The van der Waals surface area contributed by atoms with Crippen molar-refractivity contribution in [3.05, 3.63) is 27.7 Å². The molecule has 0 amide bonds. The van der Waals surface area contributed by atoms with Crippen molar-refractivity contribution in [1.82, 2.24) is 4.98 Å². The average Bonchev–Trinajstić information content (AvgIpc) is 2.09. The van der Waals surface area contributed by atoms with E-state index in [4.69, 9.17) is 0 Å². The summed E-state index contributed by atoms with van der Waals surface area (Å²) in [5.41, 5.74) is -0.321. The molecule has 1 nitrogen and oxygen atoms in total. The van der Waals surface area contributed by atoms with E-state index in [1.807, 2.05) is 0 Å². The van der Waals surface area contributed by atoms with Crippen molar-refractivity contribution in [3.63, 3.8) is 0 Å². The molecule has 0 aliphatic carbocycles. The van der Waals surface area contributed by atoms with E-state index in [0.717, 1.165) is 6.20 Å². The fraction of sp³-hybridized carbons (Fsp3) is 0.286. The molecule has 0 atom stereocenters. The van der Waals surface area contributed by atoms with Crippen molar-refractivity contribution in [2.75, 3.05) is 0 Å². The zero-order valence-corrected chi connectivity index (χ0v) is 9.37.